The van der Waals surface area contributed by atoms with Crippen LogP contribution in [0.25, 0.3) is 0 Å². The molecular weight excluding hydrogens is 200 g/mol. The van der Waals surface area contributed by atoms with Gasteiger partial charge in [-0.3, -0.25) is 0 Å². The van der Waals surface area contributed by atoms with E-state index in [1.807, 2.05) is 0 Å². The van der Waals surface area contributed by atoms with E-state index in [1.165, 1.54) is 0 Å². The number of rotatable bonds is 4. The Morgan fingerprint density at radius 2 is 1.43 bits per heavy atom. The van der Waals surface area contributed by atoms with Gasteiger partial charge in [0.15, 0.2) is 0 Å². The van der Waals surface area contributed by atoms with Crippen molar-refractivity contribution in [2.45, 2.75) is 31.2 Å². The molecule has 0 spiro atoms. The summed E-state index contributed by atoms with van der Waals surface area (Å²) in [6.07, 6.45) is -3.11. The van der Waals surface area contributed by atoms with Crippen LogP contribution in [0.5, 0.6) is 0 Å². The average molecular weight is 208 g/mol. The Morgan fingerprint density at radius 3 is 1.71 bits per heavy atom. The van der Waals surface area contributed by atoms with Crippen LogP contribution in [0, 0.1) is 20.2 Å². The van der Waals surface area contributed by atoms with E-state index < -0.39 is 28.5 Å². The lowest BCUT2D eigenvalue weighted by Gasteiger charge is -2.14. The van der Waals surface area contributed by atoms with Crippen molar-refractivity contribution in [1.29, 1.82) is 0 Å². The van der Waals surface area contributed by atoms with Gasteiger partial charge in [0, 0.05) is 12.8 Å². The van der Waals surface area contributed by atoms with Crippen LogP contribution in [0.15, 0.2) is 0 Å². The predicted molar refractivity (Wildman–Crippen MR) is 39.0 cm³/mol. The standard InChI is InChI=1S/C5H8N2O7/c8-3-1-4(13-6(9)10)5(2-3)14-7(11)12/h3-5,8H,1-2H2/t3-,4-,5+. The van der Waals surface area contributed by atoms with Crippen LogP contribution >= 0.6 is 0 Å². The lowest BCUT2D eigenvalue weighted by molar-refractivity contribution is -0.797. The van der Waals surface area contributed by atoms with E-state index in [1.54, 1.807) is 0 Å². The predicted octanol–water partition coefficient (Wildman–Crippen LogP) is -0.705. The van der Waals surface area contributed by atoms with E-state index in [2.05, 4.69) is 9.68 Å². The van der Waals surface area contributed by atoms with Gasteiger partial charge in [-0.1, -0.05) is 0 Å². The normalized spacial score (nSPS) is 31.1. The fraction of sp³-hybridized carbons (Fsp3) is 1.00. The molecule has 0 aliphatic heterocycles. The Bertz CT molecular complexity index is 220. The minimum atomic E-state index is -1.08. The zero-order valence-electron chi connectivity index (χ0n) is 6.94. The summed E-state index contributed by atoms with van der Waals surface area (Å²) in [6.45, 7) is 0. The van der Waals surface area contributed by atoms with Gasteiger partial charge in [0.25, 0.3) is 10.2 Å². The smallest absolute Gasteiger partial charge is 0.294 e. The Morgan fingerprint density at radius 1 is 1.07 bits per heavy atom. The van der Waals surface area contributed by atoms with Crippen LogP contribution in [-0.2, 0) is 9.68 Å². The van der Waals surface area contributed by atoms with Crippen LogP contribution in [0.2, 0.25) is 0 Å². The first-order valence-electron chi connectivity index (χ1n) is 3.79. The number of nitrogens with zero attached hydrogens (tertiary/aromatic N) is 2. The van der Waals surface area contributed by atoms with Crippen LogP contribution < -0.4 is 0 Å². The monoisotopic (exact) mass is 208 g/mol. The van der Waals surface area contributed by atoms with Crippen LogP contribution in [0.3, 0.4) is 0 Å². The lowest BCUT2D eigenvalue weighted by atomic mass is 10.3. The maximum atomic E-state index is 9.97. The minimum absolute atomic E-state index is 0.0422. The molecule has 1 aliphatic rings. The quantitative estimate of drug-likeness (QED) is 0.477. The first-order valence-corrected chi connectivity index (χ1v) is 3.79. The van der Waals surface area contributed by atoms with Crippen molar-refractivity contribution in [3.63, 3.8) is 0 Å². The summed E-state index contributed by atoms with van der Waals surface area (Å²) >= 11 is 0. The number of aliphatic hydroxyl groups excluding tert-OH is 1. The molecule has 0 aromatic carbocycles. The molecule has 9 nitrogen and oxygen atoms in total. The van der Waals surface area contributed by atoms with Gasteiger partial charge >= 0.3 is 0 Å². The highest BCUT2D eigenvalue weighted by Gasteiger charge is 2.38. The van der Waals surface area contributed by atoms with Crippen molar-refractivity contribution in [1.82, 2.24) is 0 Å². The number of hydrogen-bond acceptors (Lipinski definition) is 7. The number of aliphatic hydroxyl groups is 1. The van der Waals surface area contributed by atoms with E-state index in [0.29, 0.717) is 0 Å². The molecule has 1 N–H and O–H groups in total. The molecule has 0 heterocycles. The summed E-state index contributed by atoms with van der Waals surface area (Å²) in [5.41, 5.74) is 0. The molecule has 1 fully saturated rings. The van der Waals surface area contributed by atoms with Gasteiger partial charge in [0.05, 0.1) is 6.10 Å². The second-order valence-electron chi connectivity index (χ2n) is 2.86. The average Bonchev–Trinajstić information content (AvgIpc) is 2.28. The van der Waals surface area contributed by atoms with E-state index in [0.717, 1.165) is 0 Å². The molecule has 80 valence electrons. The third-order valence-corrected chi connectivity index (χ3v) is 1.87. The van der Waals surface area contributed by atoms with E-state index >= 15 is 0 Å². The molecule has 0 amide bonds. The summed E-state index contributed by atoms with van der Waals surface area (Å²) in [6, 6.07) is 0. The van der Waals surface area contributed by atoms with Crippen molar-refractivity contribution in [2.75, 3.05) is 0 Å². The molecule has 0 aromatic rings. The third kappa shape index (κ3) is 2.69. The summed E-state index contributed by atoms with van der Waals surface area (Å²) in [5.74, 6) is 0. The van der Waals surface area contributed by atoms with Crippen molar-refractivity contribution in [3.05, 3.63) is 20.2 Å². The fourth-order valence-electron chi connectivity index (χ4n) is 1.38. The lowest BCUT2D eigenvalue weighted by Crippen LogP contribution is -2.30. The Balaban J connectivity index is 2.53. The van der Waals surface area contributed by atoms with Gasteiger partial charge in [-0.05, 0) is 0 Å². The molecular formula is C5H8N2O7. The van der Waals surface area contributed by atoms with Crippen molar-refractivity contribution < 1.29 is 25.0 Å². The Hall–Kier alpha value is -1.64. The molecule has 3 atom stereocenters. The maximum absolute atomic E-state index is 9.97. The molecule has 14 heavy (non-hydrogen) atoms. The van der Waals surface area contributed by atoms with Gasteiger partial charge < -0.3 is 14.8 Å². The van der Waals surface area contributed by atoms with Gasteiger partial charge in [0.1, 0.15) is 12.2 Å². The van der Waals surface area contributed by atoms with Crippen LogP contribution in [0.1, 0.15) is 12.8 Å². The molecule has 0 saturated heterocycles. The molecule has 0 unspecified atom stereocenters. The summed E-state index contributed by atoms with van der Waals surface area (Å²) in [5, 5.41) is 26.9. The van der Waals surface area contributed by atoms with Gasteiger partial charge in [-0.25, -0.2) is 0 Å². The first kappa shape index (κ1) is 10.4. The van der Waals surface area contributed by atoms with Gasteiger partial charge in [0.2, 0.25) is 0 Å². The molecule has 0 aromatic heterocycles. The highest BCUT2D eigenvalue weighted by Crippen LogP contribution is 2.25. The van der Waals surface area contributed by atoms with Crippen LogP contribution in [0.4, 0.5) is 0 Å². The molecule has 1 rings (SSSR count). The molecule has 9 heteroatoms. The highest BCUT2D eigenvalue weighted by atomic mass is 17.0. The van der Waals surface area contributed by atoms with E-state index in [-0.39, 0.29) is 12.8 Å². The summed E-state index contributed by atoms with van der Waals surface area (Å²) < 4.78 is 0. The van der Waals surface area contributed by atoms with Crippen molar-refractivity contribution in [2.24, 2.45) is 0 Å². The highest BCUT2D eigenvalue weighted by molar-refractivity contribution is 4.83. The minimum Gasteiger partial charge on any atom is -0.393 e. The van der Waals surface area contributed by atoms with Crippen molar-refractivity contribution in [3.8, 4) is 0 Å². The summed E-state index contributed by atoms with van der Waals surface area (Å²) in [7, 11) is 0. The van der Waals surface area contributed by atoms with Crippen molar-refractivity contribution >= 4 is 0 Å². The zero-order chi connectivity index (χ0) is 10.7. The fourth-order valence-corrected chi connectivity index (χ4v) is 1.38. The first-order chi connectivity index (χ1) is 6.49. The topological polar surface area (TPSA) is 125 Å². The second kappa shape index (κ2) is 4.05. The number of hydrogen-bond donors (Lipinski definition) is 1. The van der Waals surface area contributed by atoms with Crippen LogP contribution in [-0.4, -0.2) is 33.6 Å². The summed E-state index contributed by atoms with van der Waals surface area (Å²) in [4.78, 5) is 28.2. The largest absolute Gasteiger partial charge is 0.393 e. The van der Waals surface area contributed by atoms with Gasteiger partial charge in [-0.15, -0.1) is 20.2 Å². The van der Waals surface area contributed by atoms with E-state index in [4.69, 9.17) is 5.11 Å². The van der Waals surface area contributed by atoms with Gasteiger partial charge in [-0.2, -0.15) is 0 Å². The molecule has 0 bridgehead atoms. The second-order valence-corrected chi connectivity index (χ2v) is 2.86. The SMILES string of the molecule is O=[N+]([O-])O[C@H]1C[C@H](O)C[C@H]1O[N+](=O)[O-]. The Labute approximate surface area is 77.4 Å². The zero-order valence-corrected chi connectivity index (χ0v) is 6.94. The van der Waals surface area contributed by atoms with E-state index in [9.17, 15) is 20.2 Å². The molecule has 1 aliphatic carbocycles. The maximum Gasteiger partial charge on any atom is 0.294 e. The Kier molecular flexibility index (Phi) is 3.02. The molecule has 0 radical (unpaired) electrons. The molecule has 1 saturated carbocycles. The third-order valence-electron chi connectivity index (χ3n) is 1.87.